The Labute approximate surface area is 157 Å². The molecule has 2 aromatic rings. The van der Waals surface area contributed by atoms with Gasteiger partial charge in [-0.15, -0.1) is 0 Å². The predicted molar refractivity (Wildman–Crippen MR) is 92.6 cm³/mol. The Kier molecular flexibility index (Phi) is 5.53. The van der Waals surface area contributed by atoms with Gasteiger partial charge in [-0.1, -0.05) is 12.1 Å². The number of likely N-dealkylation sites (tertiary alicyclic amines) is 1. The number of carbonyl (C=O) groups is 1. The molecule has 0 aliphatic carbocycles. The maximum atomic E-state index is 14.8. The standard InChI is InChI=1S/C19H16F4N2O3/c20-17(12-6-8-25(9-7-12)18(26)27)13-2-1-3-15(10-13)28-16-5-4-14(11-24-16)19(21,22)23/h1-5,10-11H,6-9H2,(H,26,27). The third kappa shape index (κ3) is 4.59. The number of alkyl halides is 3. The van der Waals surface area contributed by atoms with Gasteiger partial charge in [0.05, 0.1) is 5.56 Å². The van der Waals surface area contributed by atoms with Gasteiger partial charge in [0.1, 0.15) is 11.6 Å². The van der Waals surface area contributed by atoms with E-state index >= 15 is 0 Å². The van der Waals surface area contributed by atoms with E-state index in [0.29, 0.717) is 24.6 Å². The Morgan fingerprint density at radius 1 is 1.14 bits per heavy atom. The number of hydrogen-bond donors (Lipinski definition) is 1. The lowest BCUT2D eigenvalue weighted by Gasteiger charge is -2.26. The van der Waals surface area contributed by atoms with Crippen LogP contribution in [-0.2, 0) is 6.18 Å². The average Bonchev–Trinajstić information content (AvgIpc) is 2.67. The number of piperidine rings is 1. The third-order valence-electron chi connectivity index (χ3n) is 4.32. The molecule has 1 aromatic carbocycles. The summed E-state index contributed by atoms with van der Waals surface area (Å²) >= 11 is 0. The largest absolute Gasteiger partial charge is 0.465 e. The van der Waals surface area contributed by atoms with Crippen LogP contribution in [0.1, 0.15) is 24.0 Å². The number of ether oxygens (including phenoxy) is 1. The monoisotopic (exact) mass is 396 g/mol. The summed E-state index contributed by atoms with van der Waals surface area (Å²) < 4.78 is 57.9. The van der Waals surface area contributed by atoms with E-state index in [4.69, 9.17) is 9.84 Å². The molecule has 1 aliphatic heterocycles. The van der Waals surface area contributed by atoms with Crippen molar-refractivity contribution in [2.24, 2.45) is 0 Å². The van der Waals surface area contributed by atoms with Crippen molar-refractivity contribution in [2.45, 2.75) is 19.0 Å². The Hall–Kier alpha value is -3.10. The molecule has 1 amide bonds. The molecule has 28 heavy (non-hydrogen) atoms. The summed E-state index contributed by atoms with van der Waals surface area (Å²) in [5, 5.41) is 8.95. The van der Waals surface area contributed by atoms with E-state index in [2.05, 4.69) is 4.98 Å². The van der Waals surface area contributed by atoms with Crippen LogP contribution in [0.5, 0.6) is 11.6 Å². The van der Waals surface area contributed by atoms with Crippen LogP contribution in [0.3, 0.4) is 0 Å². The second-order valence-electron chi connectivity index (χ2n) is 6.20. The summed E-state index contributed by atoms with van der Waals surface area (Å²) in [7, 11) is 0. The number of nitrogens with zero attached hydrogens (tertiary/aromatic N) is 2. The number of amides is 1. The molecule has 0 unspecified atom stereocenters. The van der Waals surface area contributed by atoms with Crippen LogP contribution >= 0.6 is 0 Å². The molecule has 0 spiro atoms. The number of rotatable bonds is 3. The first-order valence-electron chi connectivity index (χ1n) is 8.41. The van der Waals surface area contributed by atoms with E-state index in [-0.39, 0.29) is 30.3 Å². The lowest BCUT2D eigenvalue weighted by Crippen LogP contribution is -2.35. The van der Waals surface area contributed by atoms with Gasteiger partial charge in [-0.05, 0) is 36.6 Å². The fraction of sp³-hybridized carbons (Fsp3) is 0.263. The molecule has 9 heteroatoms. The Morgan fingerprint density at radius 2 is 1.86 bits per heavy atom. The molecule has 1 fully saturated rings. The van der Waals surface area contributed by atoms with Gasteiger partial charge in [-0.2, -0.15) is 13.2 Å². The van der Waals surface area contributed by atoms with E-state index in [0.717, 1.165) is 12.1 Å². The van der Waals surface area contributed by atoms with Crippen molar-refractivity contribution in [3.8, 4) is 11.6 Å². The first kappa shape index (κ1) is 19.7. The van der Waals surface area contributed by atoms with E-state index in [9.17, 15) is 22.4 Å². The van der Waals surface area contributed by atoms with Crippen LogP contribution in [0.15, 0.2) is 48.2 Å². The second-order valence-corrected chi connectivity index (χ2v) is 6.20. The number of halogens is 4. The van der Waals surface area contributed by atoms with Crippen LogP contribution < -0.4 is 4.74 Å². The topological polar surface area (TPSA) is 62.7 Å². The highest BCUT2D eigenvalue weighted by molar-refractivity contribution is 5.67. The minimum absolute atomic E-state index is 0.0482. The van der Waals surface area contributed by atoms with Crippen molar-refractivity contribution >= 4 is 11.9 Å². The zero-order chi connectivity index (χ0) is 20.3. The molecule has 2 heterocycles. The smallest absolute Gasteiger partial charge is 0.417 e. The van der Waals surface area contributed by atoms with Gasteiger partial charge in [0.15, 0.2) is 0 Å². The number of hydrogen-bond acceptors (Lipinski definition) is 3. The summed E-state index contributed by atoms with van der Waals surface area (Å²) in [6.45, 7) is 0.452. The van der Waals surface area contributed by atoms with E-state index in [1.807, 2.05) is 0 Å². The highest BCUT2D eigenvalue weighted by atomic mass is 19.4. The summed E-state index contributed by atoms with van der Waals surface area (Å²) in [5.74, 6) is -0.271. The van der Waals surface area contributed by atoms with Gasteiger partial charge in [0, 0.05) is 30.9 Å². The zero-order valence-corrected chi connectivity index (χ0v) is 14.5. The van der Waals surface area contributed by atoms with Gasteiger partial charge in [-0.25, -0.2) is 14.2 Å². The molecule has 0 bridgehead atoms. The molecule has 5 nitrogen and oxygen atoms in total. The molecule has 1 N–H and O–H groups in total. The Bertz CT molecular complexity index is 885. The quantitative estimate of drug-likeness (QED) is 0.711. The Morgan fingerprint density at radius 3 is 2.43 bits per heavy atom. The van der Waals surface area contributed by atoms with Crippen molar-refractivity contribution in [1.82, 2.24) is 9.88 Å². The number of pyridine rings is 1. The number of carboxylic acid groups (broad SMARTS) is 1. The first-order chi connectivity index (χ1) is 13.2. The van der Waals surface area contributed by atoms with Crippen LogP contribution in [0.4, 0.5) is 22.4 Å². The molecule has 0 atom stereocenters. The summed E-state index contributed by atoms with van der Waals surface area (Å²) in [4.78, 5) is 15.8. The van der Waals surface area contributed by atoms with Gasteiger partial charge in [0.25, 0.3) is 0 Å². The summed E-state index contributed by atoms with van der Waals surface area (Å²) in [6.07, 6.45) is -4.26. The highest BCUT2D eigenvalue weighted by Crippen LogP contribution is 2.32. The third-order valence-corrected chi connectivity index (χ3v) is 4.32. The summed E-state index contributed by atoms with van der Waals surface area (Å²) in [5.41, 5.74) is -0.123. The second kappa shape index (κ2) is 7.87. The molecule has 0 saturated carbocycles. The van der Waals surface area contributed by atoms with Crippen molar-refractivity contribution in [3.05, 3.63) is 59.3 Å². The fourth-order valence-electron chi connectivity index (χ4n) is 2.82. The average molecular weight is 396 g/mol. The van der Waals surface area contributed by atoms with Gasteiger partial charge in [-0.3, -0.25) is 0 Å². The van der Waals surface area contributed by atoms with E-state index in [1.54, 1.807) is 12.1 Å². The van der Waals surface area contributed by atoms with Crippen LogP contribution in [0.2, 0.25) is 0 Å². The van der Waals surface area contributed by atoms with Crippen molar-refractivity contribution in [1.29, 1.82) is 0 Å². The van der Waals surface area contributed by atoms with Gasteiger partial charge in [0.2, 0.25) is 5.88 Å². The molecule has 1 aromatic heterocycles. The van der Waals surface area contributed by atoms with Crippen molar-refractivity contribution in [2.75, 3.05) is 13.1 Å². The maximum absolute atomic E-state index is 14.8. The fourth-order valence-corrected chi connectivity index (χ4v) is 2.82. The minimum Gasteiger partial charge on any atom is -0.465 e. The van der Waals surface area contributed by atoms with Crippen LogP contribution in [0.25, 0.3) is 5.83 Å². The minimum atomic E-state index is -4.49. The van der Waals surface area contributed by atoms with E-state index in [1.165, 1.54) is 17.0 Å². The van der Waals surface area contributed by atoms with Crippen LogP contribution in [-0.4, -0.2) is 34.2 Å². The van der Waals surface area contributed by atoms with Gasteiger partial charge >= 0.3 is 12.3 Å². The lowest BCUT2D eigenvalue weighted by atomic mass is 10.00. The maximum Gasteiger partial charge on any atom is 0.417 e. The zero-order valence-electron chi connectivity index (χ0n) is 14.5. The Balaban J connectivity index is 1.74. The summed E-state index contributed by atoms with van der Waals surface area (Å²) in [6, 6.07) is 8.00. The number of aromatic nitrogens is 1. The van der Waals surface area contributed by atoms with E-state index < -0.39 is 23.7 Å². The van der Waals surface area contributed by atoms with Crippen molar-refractivity contribution < 1.29 is 32.2 Å². The molecule has 0 radical (unpaired) electrons. The number of benzene rings is 1. The first-order valence-corrected chi connectivity index (χ1v) is 8.41. The lowest BCUT2D eigenvalue weighted by molar-refractivity contribution is -0.137. The predicted octanol–water partition coefficient (Wildman–Crippen LogP) is 5.35. The molecule has 3 rings (SSSR count). The normalized spacial score (nSPS) is 14.7. The highest BCUT2D eigenvalue weighted by Gasteiger charge is 2.30. The molecule has 1 saturated heterocycles. The molecule has 148 valence electrons. The molecule has 1 aliphatic rings. The molecular formula is C19H16F4N2O3. The SMILES string of the molecule is O=C(O)N1CCC(=C(F)c2cccc(Oc3ccc(C(F)(F)F)cn3)c2)CC1. The van der Waals surface area contributed by atoms with Crippen molar-refractivity contribution in [3.63, 3.8) is 0 Å². The van der Waals surface area contributed by atoms with Gasteiger partial charge < -0.3 is 14.7 Å². The molecular weight excluding hydrogens is 380 g/mol. The van der Waals surface area contributed by atoms with Crippen LogP contribution in [0, 0.1) is 0 Å².